The van der Waals surface area contributed by atoms with Gasteiger partial charge in [-0.3, -0.25) is 4.90 Å². The first kappa shape index (κ1) is 18.6. The highest BCUT2D eigenvalue weighted by Crippen LogP contribution is 2.48. The first-order valence-electron chi connectivity index (χ1n) is 10.6. The van der Waals surface area contributed by atoms with Crippen molar-refractivity contribution in [1.29, 1.82) is 5.26 Å². The lowest BCUT2D eigenvalue weighted by atomic mass is 9.76. The molecule has 29 heavy (non-hydrogen) atoms. The molecule has 1 saturated heterocycles. The van der Waals surface area contributed by atoms with Crippen LogP contribution in [0.1, 0.15) is 42.4 Å². The van der Waals surface area contributed by atoms with E-state index in [2.05, 4.69) is 21.9 Å². The Balaban J connectivity index is 1.21. The van der Waals surface area contributed by atoms with Crippen LogP contribution in [0.5, 0.6) is 0 Å². The van der Waals surface area contributed by atoms with Gasteiger partial charge in [0.15, 0.2) is 0 Å². The molecule has 1 aliphatic carbocycles. The maximum atomic E-state index is 13.2. The summed E-state index contributed by atoms with van der Waals surface area (Å²) in [5.74, 6) is -0.180. The number of halogens is 1. The standard InChI is InChI=1S/C24H26FN3O/c25-19-4-6-20(7-5-19)27-12-14-28(15-13-27)21-8-10-24(11-9-21)23-3-1-2-18(16-26)22(23)17-29-24/h1-7,21H,8-15,17H2. The van der Waals surface area contributed by atoms with Crippen LogP contribution in [0.2, 0.25) is 0 Å². The fraction of sp³-hybridized carbons (Fsp3) is 0.458. The molecule has 2 fully saturated rings. The molecular formula is C24H26FN3O. The Kier molecular flexibility index (Phi) is 4.77. The minimum absolute atomic E-state index is 0.180. The van der Waals surface area contributed by atoms with Crippen LogP contribution in [-0.4, -0.2) is 37.1 Å². The predicted octanol–water partition coefficient (Wildman–Crippen LogP) is 4.19. The van der Waals surface area contributed by atoms with Crippen molar-refractivity contribution in [3.63, 3.8) is 0 Å². The van der Waals surface area contributed by atoms with Crippen molar-refractivity contribution >= 4 is 5.69 Å². The third-order valence-electron chi connectivity index (χ3n) is 7.07. The van der Waals surface area contributed by atoms with E-state index in [1.165, 1.54) is 5.56 Å². The van der Waals surface area contributed by atoms with Gasteiger partial charge in [-0.25, -0.2) is 4.39 Å². The number of nitriles is 1. The van der Waals surface area contributed by atoms with Gasteiger partial charge in [0, 0.05) is 43.5 Å². The second-order valence-electron chi connectivity index (χ2n) is 8.46. The number of anilines is 1. The largest absolute Gasteiger partial charge is 0.369 e. The van der Waals surface area contributed by atoms with E-state index in [0.717, 1.165) is 68.7 Å². The molecule has 2 aromatic rings. The zero-order valence-corrected chi connectivity index (χ0v) is 16.6. The van der Waals surface area contributed by atoms with Crippen molar-refractivity contribution in [3.8, 4) is 6.07 Å². The van der Waals surface area contributed by atoms with E-state index in [1.54, 1.807) is 12.1 Å². The molecule has 0 bridgehead atoms. The summed E-state index contributed by atoms with van der Waals surface area (Å²) in [5.41, 5.74) is 4.03. The number of hydrogen-bond donors (Lipinski definition) is 0. The summed E-state index contributed by atoms with van der Waals surface area (Å²) in [4.78, 5) is 4.97. The molecule has 4 nitrogen and oxygen atoms in total. The lowest BCUT2D eigenvalue weighted by Crippen LogP contribution is -2.52. The van der Waals surface area contributed by atoms with Gasteiger partial charge in [0.25, 0.3) is 0 Å². The molecule has 5 heteroatoms. The average Bonchev–Trinajstić information content (AvgIpc) is 3.13. The van der Waals surface area contributed by atoms with Gasteiger partial charge in [0.2, 0.25) is 0 Å². The topological polar surface area (TPSA) is 39.5 Å². The first-order valence-corrected chi connectivity index (χ1v) is 10.6. The van der Waals surface area contributed by atoms with Crippen LogP contribution in [0, 0.1) is 17.1 Å². The SMILES string of the molecule is N#Cc1cccc2c1COC21CCC(N2CCN(c3ccc(F)cc3)CC2)CC1. The molecule has 0 N–H and O–H groups in total. The van der Waals surface area contributed by atoms with Gasteiger partial charge in [-0.15, -0.1) is 0 Å². The Hall–Kier alpha value is -2.42. The molecule has 0 atom stereocenters. The third-order valence-corrected chi connectivity index (χ3v) is 7.07. The van der Waals surface area contributed by atoms with Crippen LogP contribution in [0.15, 0.2) is 42.5 Å². The summed E-state index contributed by atoms with van der Waals surface area (Å²) in [6.07, 6.45) is 4.31. The highest BCUT2D eigenvalue weighted by Gasteiger charge is 2.44. The molecule has 1 spiro atoms. The van der Waals surface area contributed by atoms with Gasteiger partial charge in [0.05, 0.1) is 23.8 Å². The van der Waals surface area contributed by atoms with Gasteiger partial charge in [-0.1, -0.05) is 12.1 Å². The maximum Gasteiger partial charge on any atom is 0.123 e. The predicted molar refractivity (Wildman–Crippen MR) is 110 cm³/mol. The van der Waals surface area contributed by atoms with Crippen LogP contribution in [-0.2, 0) is 16.9 Å². The van der Waals surface area contributed by atoms with Crippen molar-refractivity contribution in [1.82, 2.24) is 4.90 Å². The minimum atomic E-state index is -0.186. The molecule has 2 aromatic carbocycles. The number of fused-ring (bicyclic) bond motifs is 2. The molecule has 0 radical (unpaired) electrons. The number of piperazine rings is 1. The van der Waals surface area contributed by atoms with Crippen molar-refractivity contribution in [3.05, 3.63) is 65.0 Å². The lowest BCUT2D eigenvalue weighted by molar-refractivity contribution is -0.0777. The molecule has 150 valence electrons. The highest BCUT2D eigenvalue weighted by molar-refractivity contribution is 5.48. The summed E-state index contributed by atoms with van der Waals surface area (Å²) in [7, 11) is 0. The summed E-state index contributed by atoms with van der Waals surface area (Å²) >= 11 is 0. The fourth-order valence-corrected chi connectivity index (χ4v) is 5.41. The molecule has 0 unspecified atom stereocenters. The smallest absolute Gasteiger partial charge is 0.123 e. The van der Waals surface area contributed by atoms with Crippen molar-refractivity contribution in [2.75, 3.05) is 31.1 Å². The van der Waals surface area contributed by atoms with Crippen LogP contribution >= 0.6 is 0 Å². The Morgan fingerprint density at radius 3 is 2.41 bits per heavy atom. The van der Waals surface area contributed by atoms with E-state index in [-0.39, 0.29) is 11.4 Å². The first-order chi connectivity index (χ1) is 14.2. The maximum absolute atomic E-state index is 13.2. The molecule has 3 aliphatic rings. The second kappa shape index (κ2) is 7.44. The number of benzene rings is 2. The Bertz CT molecular complexity index is 920. The molecule has 2 heterocycles. The van der Waals surface area contributed by atoms with E-state index < -0.39 is 0 Å². The van der Waals surface area contributed by atoms with Gasteiger partial charge in [-0.05, 0) is 61.6 Å². The zero-order valence-electron chi connectivity index (χ0n) is 16.6. The van der Waals surface area contributed by atoms with Gasteiger partial charge in [0.1, 0.15) is 5.82 Å². The molecule has 5 rings (SSSR count). The average molecular weight is 391 g/mol. The Morgan fingerprint density at radius 1 is 1.00 bits per heavy atom. The molecular weight excluding hydrogens is 365 g/mol. The van der Waals surface area contributed by atoms with E-state index in [1.807, 2.05) is 24.3 Å². The minimum Gasteiger partial charge on any atom is -0.369 e. The van der Waals surface area contributed by atoms with Crippen LogP contribution in [0.25, 0.3) is 0 Å². The van der Waals surface area contributed by atoms with Crippen LogP contribution in [0.4, 0.5) is 10.1 Å². The Morgan fingerprint density at radius 2 is 1.72 bits per heavy atom. The lowest BCUT2D eigenvalue weighted by Gasteiger charge is -2.45. The summed E-state index contributed by atoms with van der Waals surface area (Å²) in [5, 5.41) is 9.38. The van der Waals surface area contributed by atoms with Gasteiger partial charge >= 0.3 is 0 Å². The van der Waals surface area contributed by atoms with E-state index >= 15 is 0 Å². The van der Waals surface area contributed by atoms with Crippen molar-refractivity contribution < 1.29 is 9.13 Å². The number of hydrogen-bond acceptors (Lipinski definition) is 4. The summed E-state index contributed by atoms with van der Waals surface area (Å²) < 4.78 is 19.5. The third kappa shape index (κ3) is 3.31. The van der Waals surface area contributed by atoms with Crippen molar-refractivity contribution in [2.24, 2.45) is 0 Å². The number of ether oxygens (including phenoxy) is 1. The number of nitrogens with zero attached hydrogens (tertiary/aromatic N) is 3. The summed E-state index contributed by atoms with van der Waals surface area (Å²) in [6, 6.07) is 15.8. The van der Waals surface area contributed by atoms with E-state index in [4.69, 9.17) is 4.74 Å². The molecule has 0 amide bonds. The molecule has 1 saturated carbocycles. The number of rotatable bonds is 2. The quantitative estimate of drug-likeness (QED) is 0.770. The monoisotopic (exact) mass is 391 g/mol. The van der Waals surface area contributed by atoms with Gasteiger partial charge < -0.3 is 9.64 Å². The second-order valence-corrected chi connectivity index (χ2v) is 8.46. The summed E-state index contributed by atoms with van der Waals surface area (Å²) in [6.45, 7) is 4.63. The fourth-order valence-electron chi connectivity index (χ4n) is 5.41. The van der Waals surface area contributed by atoms with Crippen molar-refractivity contribution in [2.45, 2.75) is 43.9 Å². The normalized spacial score (nSPS) is 27.0. The molecule has 2 aliphatic heterocycles. The van der Waals surface area contributed by atoms with E-state index in [0.29, 0.717) is 12.6 Å². The zero-order chi connectivity index (χ0) is 19.8. The van der Waals surface area contributed by atoms with Crippen LogP contribution < -0.4 is 4.90 Å². The highest BCUT2D eigenvalue weighted by atomic mass is 19.1. The van der Waals surface area contributed by atoms with Gasteiger partial charge in [-0.2, -0.15) is 5.26 Å². The molecule has 0 aromatic heterocycles. The Labute approximate surface area is 171 Å². The van der Waals surface area contributed by atoms with E-state index in [9.17, 15) is 9.65 Å². The van der Waals surface area contributed by atoms with Crippen LogP contribution in [0.3, 0.4) is 0 Å².